The smallest absolute Gasteiger partial charge is 0.262 e. The number of anilines is 1. The molecule has 5 heteroatoms. The summed E-state index contributed by atoms with van der Waals surface area (Å²) < 4.78 is 18.1. The van der Waals surface area contributed by atoms with Crippen LogP contribution in [0.25, 0.3) is 0 Å². The van der Waals surface area contributed by atoms with E-state index in [-0.39, 0.29) is 18.3 Å². The zero-order chi connectivity index (χ0) is 14.4. The van der Waals surface area contributed by atoms with Crippen molar-refractivity contribution in [3.63, 3.8) is 0 Å². The molecule has 3 N–H and O–H groups in total. The lowest BCUT2D eigenvalue weighted by Gasteiger charge is -2.10. The summed E-state index contributed by atoms with van der Waals surface area (Å²) in [6.07, 6.45) is 0. The lowest BCUT2D eigenvalue weighted by molar-refractivity contribution is -0.118. The number of nitrogens with one attached hydrogen (secondary N) is 1. The first-order valence-electron chi connectivity index (χ1n) is 6.15. The van der Waals surface area contributed by atoms with Crippen LogP contribution in [0.4, 0.5) is 10.1 Å². The van der Waals surface area contributed by atoms with Gasteiger partial charge in [-0.1, -0.05) is 18.2 Å². The summed E-state index contributed by atoms with van der Waals surface area (Å²) >= 11 is 0. The maximum absolute atomic E-state index is 12.7. The van der Waals surface area contributed by atoms with Gasteiger partial charge in [-0.2, -0.15) is 0 Å². The Kier molecular flexibility index (Phi) is 4.68. The molecule has 0 bridgehead atoms. The second kappa shape index (κ2) is 6.68. The molecule has 0 unspecified atom stereocenters. The van der Waals surface area contributed by atoms with E-state index in [1.807, 2.05) is 18.2 Å². The molecule has 0 spiro atoms. The molecule has 4 nitrogen and oxygen atoms in total. The van der Waals surface area contributed by atoms with Gasteiger partial charge in [-0.3, -0.25) is 4.79 Å². The summed E-state index contributed by atoms with van der Waals surface area (Å²) in [4.78, 5) is 11.7. The van der Waals surface area contributed by atoms with Crippen molar-refractivity contribution in [2.75, 3.05) is 11.9 Å². The van der Waals surface area contributed by atoms with Gasteiger partial charge < -0.3 is 15.8 Å². The number of amides is 1. The van der Waals surface area contributed by atoms with Crippen LogP contribution < -0.4 is 15.8 Å². The molecule has 0 aliphatic rings. The second-order valence-corrected chi connectivity index (χ2v) is 4.16. The Morgan fingerprint density at radius 2 is 1.85 bits per heavy atom. The van der Waals surface area contributed by atoms with E-state index in [1.165, 1.54) is 24.3 Å². The average molecular weight is 274 g/mol. The molecule has 0 saturated carbocycles. The van der Waals surface area contributed by atoms with E-state index in [1.54, 1.807) is 6.07 Å². The molecule has 0 aromatic heterocycles. The average Bonchev–Trinajstić information content (AvgIpc) is 2.48. The van der Waals surface area contributed by atoms with Crippen molar-refractivity contribution in [2.24, 2.45) is 5.73 Å². The molecule has 20 heavy (non-hydrogen) atoms. The van der Waals surface area contributed by atoms with E-state index in [2.05, 4.69) is 5.32 Å². The van der Waals surface area contributed by atoms with Crippen LogP contribution in [-0.4, -0.2) is 12.5 Å². The zero-order valence-electron chi connectivity index (χ0n) is 10.8. The van der Waals surface area contributed by atoms with Gasteiger partial charge >= 0.3 is 0 Å². The highest BCUT2D eigenvalue weighted by molar-refractivity contribution is 5.91. The molecule has 0 radical (unpaired) electrons. The van der Waals surface area contributed by atoms with Gasteiger partial charge in [0, 0.05) is 17.8 Å². The van der Waals surface area contributed by atoms with Gasteiger partial charge in [0.25, 0.3) is 5.91 Å². The van der Waals surface area contributed by atoms with Gasteiger partial charge in [0.1, 0.15) is 11.6 Å². The molecule has 0 heterocycles. The van der Waals surface area contributed by atoms with Crippen molar-refractivity contribution in [3.05, 3.63) is 59.9 Å². The van der Waals surface area contributed by atoms with Gasteiger partial charge in [0.15, 0.2) is 6.61 Å². The summed E-state index contributed by atoms with van der Waals surface area (Å²) in [7, 11) is 0. The summed E-state index contributed by atoms with van der Waals surface area (Å²) in [5.74, 6) is -0.0798. The highest BCUT2D eigenvalue weighted by Crippen LogP contribution is 2.17. The fourth-order valence-electron chi connectivity index (χ4n) is 1.69. The Hall–Kier alpha value is -2.40. The molecule has 0 fully saturated rings. The number of ether oxygens (including phenoxy) is 1. The number of halogens is 1. The highest BCUT2D eigenvalue weighted by atomic mass is 19.1. The van der Waals surface area contributed by atoms with E-state index in [0.717, 1.165) is 5.56 Å². The molecule has 0 atom stereocenters. The SMILES string of the molecule is NCc1ccccc1OCC(=O)Nc1ccc(F)cc1. The van der Waals surface area contributed by atoms with Crippen molar-refractivity contribution in [2.45, 2.75) is 6.54 Å². The van der Waals surface area contributed by atoms with Crippen molar-refractivity contribution >= 4 is 11.6 Å². The van der Waals surface area contributed by atoms with Gasteiger partial charge in [-0.15, -0.1) is 0 Å². The third-order valence-corrected chi connectivity index (χ3v) is 2.68. The first-order chi connectivity index (χ1) is 9.69. The highest BCUT2D eigenvalue weighted by Gasteiger charge is 2.06. The zero-order valence-corrected chi connectivity index (χ0v) is 10.8. The fraction of sp³-hybridized carbons (Fsp3) is 0.133. The minimum Gasteiger partial charge on any atom is -0.483 e. The molecule has 0 aliphatic carbocycles. The predicted octanol–water partition coefficient (Wildman–Crippen LogP) is 2.30. The third-order valence-electron chi connectivity index (χ3n) is 2.68. The fourth-order valence-corrected chi connectivity index (χ4v) is 1.69. The standard InChI is InChI=1S/C15H15FN2O2/c16-12-5-7-13(8-6-12)18-15(19)10-20-14-4-2-1-3-11(14)9-17/h1-8H,9-10,17H2,(H,18,19). The molecule has 104 valence electrons. The minimum absolute atomic E-state index is 0.131. The molecule has 2 aromatic rings. The number of carbonyl (C=O) groups excluding carboxylic acids is 1. The van der Waals surface area contributed by atoms with Crippen LogP contribution >= 0.6 is 0 Å². The van der Waals surface area contributed by atoms with Crippen molar-refractivity contribution in [1.82, 2.24) is 0 Å². The minimum atomic E-state index is -0.351. The largest absolute Gasteiger partial charge is 0.483 e. The quantitative estimate of drug-likeness (QED) is 0.879. The van der Waals surface area contributed by atoms with E-state index < -0.39 is 0 Å². The van der Waals surface area contributed by atoms with E-state index in [9.17, 15) is 9.18 Å². The predicted molar refractivity (Wildman–Crippen MR) is 74.9 cm³/mol. The van der Waals surface area contributed by atoms with Gasteiger partial charge in [0.2, 0.25) is 0 Å². The molecule has 0 aliphatic heterocycles. The lowest BCUT2D eigenvalue weighted by Crippen LogP contribution is -2.20. The van der Waals surface area contributed by atoms with Gasteiger partial charge in [-0.05, 0) is 30.3 Å². The van der Waals surface area contributed by atoms with Gasteiger partial charge in [-0.25, -0.2) is 4.39 Å². The summed E-state index contributed by atoms with van der Waals surface area (Å²) in [5.41, 5.74) is 6.93. The topological polar surface area (TPSA) is 64.3 Å². The Balaban J connectivity index is 1.90. The van der Waals surface area contributed by atoms with Crippen LogP contribution in [-0.2, 0) is 11.3 Å². The maximum Gasteiger partial charge on any atom is 0.262 e. The number of benzene rings is 2. The van der Waals surface area contributed by atoms with Crippen molar-refractivity contribution in [1.29, 1.82) is 0 Å². The normalized spacial score (nSPS) is 10.1. The van der Waals surface area contributed by atoms with Crippen LogP contribution in [0.2, 0.25) is 0 Å². The summed E-state index contributed by atoms with van der Waals surface area (Å²) in [6.45, 7) is 0.212. The van der Waals surface area contributed by atoms with Crippen LogP contribution in [0, 0.1) is 5.82 Å². The first-order valence-corrected chi connectivity index (χ1v) is 6.15. The number of carbonyl (C=O) groups is 1. The molecule has 1 amide bonds. The number of nitrogens with two attached hydrogens (primary N) is 1. The number of rotatable bonds is 5. The van der Waals surface area contributed by atoms with Crippen LogP contribution in [0.3, 0.4) is 0 Å². The molecule has 2 rings (SSSR count). The Morgan fingerprint density at radius 3 is 2.55 bits per heavy atom. The molecular weight excluding hydrogens is 259 g/mol. The molecule has 2 aromatic carbocycles. The van der Waals surface area contributed by atoms with E-state index >= 15 is 0 Å². The maximum atomic E-state index is 12.7. The van der Waals surface area contributed by atoms with Crippen LogP contribution in [0.1, 0.15) is 5.56 Å². The number of para-hydroxylation sites is 1. The Bertz CT molecular complexity index is 585. The lowest BCUT2D eigenvalue weighted by atomic mass is 10.2. The molecular formula is C15H15FN2O2. The van der Waals surface area contributed by atoms with Crippen molar-refractivity contribution in [3.8, 4) is 5.75 Å². The van der Waals surface area contributed by atoms with Gasteiger partial charge in [0.05, 0.1) is 0 Å². The van der Waals surface area contributed by atoms with E-state index in [0.29, 0.717) is 18.0 Å². The third kappa shape index (κ3) is 3.80. The second-order valence-electron chi connectivity index (χ2n) is 4.16. The Morgan fingerprint density at radius 1 is 1.15 bits per heavy atom. The molecule has 0 saturated heterocycles. The summed E-state index contributed by atoms with van der Waals surface area (Å²) in [5, 5.41) is 2.62. The van der Waals surface area contributed by atoms with Crippen molar-refractivity contribution < 1.29 is 13.9 Å². The number of hydrogen-bond acceptors (Lipinski definition) is 3. The first kappa shape index (κ1) is 14.0. The van der Waals surface area contributed by atoms with Crippen LogP contribution in [0.15, 0.2) is 48.5 Å². The Labute approximate surface area is 116 Å². The summed E-state index contributed by atoms with van der Waals surface area (Å²) in [6, 6.07) is 12.8. The number of hydrogen-bond donors (Lipinski definition) is 2. The monoisotopic (exact) mass is 274 g/mol. The van der Waals surface area contributed by atoms with E-state index in [4.69, 9.17) is 10.5 Å². The van der Waals surface area contributed by atoms with Crippen LogP contribution in [0.5, 0.6) is 5.75 Å².